The third-order valence-corrected chi connectivity index (χ3v) is 4.86. The van der Waals surface area contributed by atoms with Gasteiger partial charge in [-0.3, -0.25) is 4.79 Å². The molecule has 3 aromatic rings. The lowest BCUT2D eigenvalue weighted by Crippen LogP contribution is -2.08. The molecule has 3 rings (SSSR count). The molecule has 0 N–H and O–H groups in total. The number of nitrogens with zero attached hydrogens (tertiary/aromatic N) is 2. The molecular formula is C24H23ClN2O. The lowest BCUT2D eigenvalue weighted by Gasteiger charge is -2.08. The standard InChI is InChI=1S/C24H23ClN2O/c1-16-4-9-22(10-5-16)26-27-24-11-6-17(2)12-20(24)15-23(28)14-19-13-21(25)8-7-18(19)3/h4-13H,14-15H2,1-3H3. The quantitative estimate of drug-likeness (QED) is 0.416. The largest absolute Gasteiger partial charge is 0.299 e. The van der Waals surface area contributed by atoms with E-state index in [4.69, 9.17) is 11.6 Å². The van der Waals surface area contributed by atoms with E-state index in [-0.39, 0.29) is 5.78 Å². The van der Waals surface area contributed by atoms with Gasteiger partial charge in [0.15, 0.2) is 0 Å². The first-order chi connectivity index (χ1) is 13.4. The fourth-order valence-corrected chi connectivity index (χ4v) is 3.19. The summed E-state index contributed by atoms with van der Waals surface area (Å²) in [5.74, 6) is 0.128. The number of carbonyl (C=O) groups is 1. The minimum atomic E-state index is 0.128. The van der Waals surface area contributed by atoms with Crippen LogP contribution in [-0.2, 0) is 17.6 Å². The van der Waals surface area contributed by atoms with E-state index in [0.717, 1.165) is 33.6 Å². The molecule has 0 aliphatic heterocycles. The van der Waals surface area contributed by atoms with Gasteiger partial charge in [0, 0.05) is 17.9 Å². The SMILES string of the molecule is Cc1ccc(N=Nc2ccc(C)cc2CC(=O)Cc2cc(Cl)ccc2C)cc1. The van der Waals surface area contributed by atoms with Crippen LogP contribution in [0.4, 0.5) is 11.4 Å². The molecule has 0 aromatic heterocycles. The molecule has 0 unspecified atom stereocenters. The Morgan fingerprint density at radius 2 is 1.46 bits per heavy atom. The second kappa shape index (κ2) is 8.94. The summed E-state index contributed by atoms with van der Waals surface area (Å²) in [6.07, 6.45) is 0.671. The Morgan fingerprint density at radius 3 is 2.21 bits per heavy atom. The highest BCUT2D eigenvalue weighted by molar-refractivity contribution is 6.30. The van der Waals surface area contributed by atoms with Crippen LogP contribution in [0.1, 0.15) is 27.8 Å². The van der Waals surface area contributed by atoms with Gasteiger partial charge in [0.1, 0.15) is 5.78 Å². The van der Waals surface area contributed by atoms with Gasteiger partial charge in [-0.1, -0.05) is 53.1 Å². The van der Waals surface area contributed by atoms with Gasteiger partial charge in [-0.15, -0.1) is 0 Å². The third kappa shape index (κ3) is 5.37. The van der Waals surface area contributed by atoms with Gasteiger partial charge >= 0.3 is 0 Å². The number of benzene rings is 3. The average molecular weight is 391 g/mol. The normalized spacial score (nSPS) is 11.1. The van der Waals surface area contributed by atoms with Gasteiger partial charge in [-0.05, 0) is 67.8 Å². The van der Waals surface area contributed by atoms with Crippen molar-refractivity contribution in [3.05, 3.63) is 93.5 Å². The number of azo groups is 1. The Hall–Kier alpha value is -2.78. The van der Waals surface area contributed by atoms with Crippen molar-refractivity contribution in [1.82, 2.24) is 0 Å². The van der Waals surface area contributed by atoms with Crippen molar-refractivity contribution >= 4 is 28.8 Å². The number of carbonyl (C=O) groups excluding carboxylic acids is 1. The maximum atomic E-state index is 12.7. The lowest BCUT2D eigenvalue weighted by atomic mass is 9.98. The highest BCUT2D eigenvalue weighted by Gasteiger charge is 2.11. The van der Waals surface area contributed by atoms with Crippen LogP contribution >= 0.6 is 11.6 Å². The van der Waals surface area contributed by atoms with Crippen LogP contribution in [-0.4, -0.2) is 5.78 Å². The molecule has 142 valence electrons. The van der Waals surface area contributed by atoms with E-state index >= 15 is 0 Å². The smallest absolute Gasteiger partial charge is 0.141 e. The predicted octanol–water partition coefficient (Wildman–Crippen LogP) is 7.03. The van der Waals surface area contributed by atoms with Crippen LogP contribution in [0, 0.1) is 20.8 Å². The van der Waals surface area contributed by atoms with Crippen molar-refractivity contribution in [3.8, 4) is 0 Å². The van der Waals surface area contributed by atoms with Crippen LogP contribution in [0.3, 0.4) is 0 Å². The molecule has 28 heavy (non-hydrogen) atoms. The highest BCUT2D eigenvalue weighted by Crippen LogP contribution is 2.25. The van der Waals surface area contributed by atoms with Gasteiger partial charge in [0.2, 0.25) is 0 Å². The Balaban J connectivity index is 1.79. The Kier molecular flexibility index (Phi) is 6.37. The van der Waals surface area contributed by atoms with E-state index in [1.165, 1.54) is 5.56 Å². The molecular weight excluding hydrogens is 368 g/mol. The van der Waals surface area contributed by atoms with Gasteiger partial charge in [0.25, 0.3) is 0 Å². The summed E-state index contributed by atoms with van der Waals surface area (Å²) < 4.78 is 0. The molecule has 0 spiro atoms. The molecule has 0 aliphatic carbocycles. The van der Waals surface area contributed by atoms with Crippen molar-refractivity contribution in [2.75, 3.05) is 0 Å². The van der Waals surface area contributed by atoms with E-state index in [2.05, 4.69) is 10.2 Å². The van der Waals surface area contributed by atoms with Crippen LogP contribution in [0.5, 0.6) is 0 Å². The molecule has 0 amide bonds. The summed E-state index contributed by atoms with van der Waals surface area (Å²) in [5.41, 5.74) is 6.71. The minimum Gasteiger partial charge on any atom is -0.299 e. The number of hydrogen-bond donors (Lipinski definition) is 0. The van der Waals surface area contributed by atoms with Crippen molar-refractivity contribution in [2.24, 2.45) is 10.2 Å². The van der Waals surface area contributed by atoms with Crippen molar-refractivity contribution in [1.29, 1.82) is 0 Å². The van der Waals surface area contributed by atoms with E-state index in [0.29, 0.717) is 17.9 Å². The predicted molar refractivity (Wildman–Crippen MR) is 115 cm³/mol. The monoisotopic (exact) mass is 390 g/mol. The molecule has 0 saturated carbocycles. The van der Waals surface area contributed by atoms with Crippen LogP contribution in [0.15, 0.2) is 70.9 Å². The first-order valence-electron chi connectivity index (χ1n) is 9.25. The lowest BCUT2D eigenvalue weighted by molar-refractivity contribution is -0.117. The number of ketones is 1. The van der Waals surface area contributed by atoms with Crippen LogP contribution in [0.25, 0.3) is 0 Å². The van der Waals surface area contributed by atoms with Gasteiger partial charge in [0.05, 0.1) is 11.4 Å². The zero-order chi connectivity index (χ0) is 20.1. The first-order valence-corrected chi connectivity index (χ1v) is 9.63. The van der Waals surface area contributed by atoms with E-state index in [1.807, 2.05) is 81.4 Å². The number of hydrogen-bond acceptors (Lipinski definition) is 3. The molecule has 0 aliphatic rings. The summed E-state index contributed by atoms with van der Waals surface area (Å²) in [5, 5.41) is 9.36. The van der Waals surface area contributed by atoms with Crippen LogP contribution < -0.4 is 0 Å². The molecule has 0 radical (unpaired) electrons. The summed E-state index contributed by atoms with van der Waals surface area (Å²) in [6, 6.07) is 19.4. The number of aryl methyl sites for hydroxylation is 3. The highest BCUT2D eigenvalue weighted by atomic mass is 35.5. The summed E-state index contributed by atoms with van der Waals surface area (Å²) in [4.78, 5) is 12.7. The summed E-state index contributed by atoms with van der Waals surface area (Å²) in [7, 11) is 0. The molecule has 0 bridgehead atoms. The van der Waals surface area contributed by atoms with Gasteiger partial charge in [-0.25, -0.2) is 0 Å². The van der Waals surface area contributed by atoms with Crippen LogP contribution in [0.2, 0.25) is 5.02 Å². The van der Waals surface area contributed by atoms with Crippen molar-refractivity contribution in [3.63, 3.8) is 0 Å². The zero-order valence-electron chi connectivity index (χ0n) is 16.4. The van der Waals surface area contributed by atoms with E-state index in [9.17, 15) is 4.79 Å². The van der Waals surface area contributed by atoms with Crippen molar-refractivity contribution < 1.29 is 4.79 Å². The number of rotatable bonds is 6. The van der Waals surface area contributed by atoms with E-state index < -0.39 is 0 Å². The van der Waals surface area contributed by atoms with Crippen molar-refractivity contribution in [2.45, 2.75) is 33.6 Å². The third-order valence-electron chi connectivity index (χ3n) is 4.63. The summed E-state index contributed by atoms with van der Waals surface area (Å²) >= 11 is 6.08. The molecule has 3 nitrogen and oxygen atoms in total. The molecule has 0 saturated heterocycles. The number of halogens is 1. The molecule has 4 heteroatoms. The fourth-order valence-electron chi connectivity index (χ4n) is 2.99. The molecule has 0 heterocycles. The minimum absolute atomic E-state index is 0.128. The Morgan fingerprint density at radius 1 is 0.786 bits per heavy atom. The maximum Gasteiger partial charge on any atom is 0.141 e. The average Bonchev–Trinajstić information content (AvgIpc) is 2.65. The maximum absolute atomic E-state index is 12.7. The van der Waals surface area contributed by atoms with Gasteiger partial charge in [-0.2, -0.15) is 10.2 Å². The first kappa shape index (κ1) is 20.0. The summed E-state index contributed by atoms with van der Waals surface area (Å²) in [6.45, 7) is 6.04. The zero-order valence-corrected chi connectivity index (χ0v) is 17.1. The molecule has 0 atom stereocenters. The fraction of sp³-hybridized carbons (Fsp3) is 0.208. The molecule has 0 fully saturated rings. The topological polar surface area (TPSA) is 41.8 Å². The second-order valence-corrected chi connectivity index (χ2v) is 7.57. The molecule has 3 aromatic carbocycles. The second-order valence-electron chi connectivity index (χ2n) is 7.13. The Labute approximate surface area is 171 Å². The van der Waals surface area contributed by atoms with E-state index in [1.54, 1.807) is 0 Å². The number of Topliss-reactive ketones (excluding diaryl/α,β-unsaturated/α-hetero) is 1. The van der Waals surface area contributed by atoms with Gasteiger partial charge < -0.3 is 0 Å². The Bertz CT molecular complexity index is 1020.